The predicted octanol–water partition coefficient (Wildman–Crippen LogP) is 1.04. The van der Waals surface area contributed by atoms with Gasteiger partial charge in [-0.1, -0.05) is 19.1 Å². The van der Waals surface area contributed by atoms with Gasteiger partial charge in [0.1, 0.15) is 5.82 Å². The molecule has 0 saturated heterocycles. The number of likely N-dealkylation sites (N-methyl/N-ethyl adjacent to an activating group) is 1. The molecule has 8 heteroatoms. The molecule has 7 nitrogen and oxygen atoms in total. The van der Waals surface area contributed by atoms with E-state index in [1.807, 2.05) is 0 Å². The predicted molar refractivity (Wildman–Crippen MR) is 85.5 cm³/mol. The van der Waals surface area contributed by atoms with Crippen molar-refractivity contribution in [2.45, 2.75) is 20.4 Å². The van der Waals surface area contributed by atoms with E-state index in [2.05, 4.69) is 15.4 Å². The highest BCUT2D eigenvalue weighted by Crippen LogP contribution is 2.02. The molecule has 1 rings (SSSR count). The molecule has 0 saturated carbocycles. The second kappa shape index (κ2) is 10.3. The standard InChI is InChI=1S/C16H22FN3O4/c1-3-20(11-15(22)19-16(23)24-4-2)10-14(21)18-9-12-5-7-13(17)8-6-12/h5-8H,3-4,9-11H2,1-2H3,(H,18,21)(H,19,22,23). The van der Waals surface area contributed by atoms with Crippen LogP contribution in [-0.2, 0) is 20.9 Å². The van der Waals surface area contributed by atoms with Crippen LogP contribution in [0.15, 0.2) is 24.3 Å². The van der Waals surface area contributed by atoms with Gasteiger partial charge in [-0.25, -0.2) is 9.18 Å². The average Bonchev–Trinajstić information content (AvgIpc) is 2.53. The molecule has 0 bridgehead atoms. The molecule has 0 spiro atoms. The van der Waals surface area contributed by atoms with Gasteiger partial charge in [-0.2, -0.15) is 0 Å². The Hall–Kier alpha value is -2.48. The number of carbonyl (C=O) groups excluding carboxylic acids is 3. The number of imide groups is 1. The number of hydrogen-bond acceptors (Lipinski definition) is 5. The first-order chi connectivity index (χ1) is 11.4. The number of alkyl carbamates (subject to hydrolysis) is 1. The van der Waals surface area contributed by atoms with E-state index < -0.39 is 12.0 Å². The van der Waals surface area contributed by atoms with Gasteiger partial charge in [0.05, 0.1) is 19.7 Å². The lowest BCUT2D eigenvalue weighted by Crippen LogP contribution is -2.44. The summed E-state index contributed by atoms with van der Waals surface area (Å²) in [5.41, 5.74) is 0.771. The first-order valence-electron chi connectivity index (χ1n) is 7.64. The van der Waals surface area contributed by atoms with E-state index in [1.165, 1.54) is 12.1 Å². The molecule has 0 unspecified atom stereocenters. The minimum atomic E-state index is -0.806. The van der Waals surface area contributed by atoms with Crippen LogP contribution < -0.4 is 10.6 Å². The topological polar surface area (TPSA) is 87.7 Å². The van der Waals surface area contributed by atoms with E-state index in [-0.39, 0.29) is 38.0 Å². The number of nitrogens with one attached hydrogen (secondary N) is 2. The fourth-order valence-corrected chi connectivity index (χ4v) is 1.87. The zero-order valence-corrected chi connectivity index (χ0v) is 13.8. The maximum absolute atomic E-state index is 12.8. The Labute approximate surface area is 140 Å². The van der Waals surface area contributed by atoms with E-state index >= 15 is 0 Å². The molecule has 0 radical (unpaired) electrons. The molecular weight excluding hydrogens is 317 g/mol. The van der Waals surface area contributed by atoms with Gasteiger partial charge < -0.3 is 10.1 Å². The summed E-state index contributed by atoms with van der Waals surface area (Å²) < 4.78 is 17.4. The molecule has 1 aromatic carbocycles. The molecule has 3 amide bonds. The van der Waals surface area contributed by atoms with Gasteiger partial charge in [0.25, 0.3) is 0 Å². The highest BCUT2D eigenvalue weighted by Gasteiger charge is 2.15. The lowest BCUT2D eigenvalue weighted by atomic mass is 10.2. The van der Waals surface area contributed by atoms with Crippen molar-refractivity contribution in [3.8, 4) is 0 Å². The van der Waals surface area contributed by atoms with Crippen molar-refractivity contribution in [2.75, 3.05) is 26.2 Å². The van der Waals surface area contributed by atoms with Crippen LogP contribution in [-0.4, -0.2) is 49.0 Å². The quantitative estimate of drug-likeness (QED) is 0.739. The molecule has 132 valence electrons. The third kappa shape index (κ3) is 7.68. The van der Waals surface area contributed by atoms with Crippen molar-refractivity contribution in [1.82, 2.24) is 15.5 Å². The Morgan fingerprint density at radius 1 is 1.08 bits per heavy atom. The van der Waals surface area contributed by atoms with Gasteiger partial charge >= 0.3 is 6.09 Å². The largest absolute Gasteiger partial charge is 0.450 e. The van der Waals surface area contributed by atoms with Gasteiger partial charge in [0.15, 0.2) is 0 Å². The second-order valence-corrected chi connectivity index (χ2v) is 4.98. The van der Waals surface area contributed by atoms with E-state index in [9.17, 15) is 18.8 Å². The van der Waals surface area contributed by atoms with Crippen LogP contribution in [0.5, 0.6) is 0 Å². The number of carbonyl (C=O) groups is 3. The summed E-state index contributed by atoms with van der Waals surface area (Å²) in [7, 11) is 0. The molecule has 2 N–H and O–H groups in total. The van der Waals surface area contributed by atoms with Gasteiger partial charge in [0.2, 0.25) is 11.8 Å². The van der Waals surface area contributed by atoms with Crippen molar-refractivity contribution < 1.29 is 23.5 Å². The molecule has 0 aliphatic heterocycles. The third-order valence-electron chi connectivity index (χ3n) is 3.10. The molecule has 0 heterocycles. The molecular formula is C16H22FN3O4. The third-order valence-corrected chi connectivity index (χ3v) is 3.10. The second-order valence-electron chi connectivity index (χ2n) is 4.98. The van der Waals surface area contributed by atoms with Gasteiger partial charge in [-0.15, -0.1) is 0 Å². The van der Waals surface area contributed by atoms with Crippen molar-refractivity contribution in [1.29, 1.82) is 0 Å². The highest BCUT2D eigenvalue weighted by atomic mass is 19.1. The Morgan fingerprint density at radius 3 is 2.29 bits per heavy atom. The Balaban J connectivity index is 2.37. The number of benzene rings is 1. The van der Waals surface area contributed by atoms with Gasteiger partial charge in [0, 0.05) is 6.54 Å². The van der Waals surface area contributed by atoms with Gasteiger partial charge in [-0.3, -0.25) is 19.8 Å². The lowest BCUT2D eigenvalue weighted by molar-refractivity contribution is -0.124. The Morgan fingerprint density at radius 2 is 1.71 bits per heavy atom. The van der Waals surface area contributed by atoms with Crippen LogP contribution in [0.1, 0.15) is 19.4 Å². The average molecular weight is 339 g/mol. The molecule has 0 atom stereocenters. The highest BCUT2D eigenvalue weighted by molar-refractivity contribution is 5.93. The molecule has 0 aliphatic rings. The molecule has 0 fully saturated rings. The van der Waals surface area contributed by atoms with E-state index in [1.54, 1.807) is 30.9 Å². The maximum Gasteiger partial charge on any atom is 0.413 e. The van der Waals surface area contributed by atoms with Crippen molar-refractivity contribution in [3.05, 3.63) is 35.6 Å². The van der Waals surface area contributed by atoms with E-state index in [0.29, 0.717) is 6.54 Å². The number of ether oxygens (including phenoxy) is 1. The number of rotatable bonds is 8. The fourth-order valence-electron chi connectivity index (χ4n) is 1.87. The van der Waals surface area contributed by atoms with Crippen LogP contribution in [0, 0.1) is 5.82 Å². The summed E-state index contributed by atoms with van der Waals surface area (Å²) in [6.07, 6.45) is -0.806. The van der Waals surface area contributed by atoms with Crippen molar-refractivity contribution in [2.24, 2.45) is 0 Å². The van der Waals surface area contributed by atoms with Crippen molar-refractivity contribution in [3.63, 3.8) is 0 Å². The molecule has 24 heavy (non-hydrogen) atoms. The summed E-state index contributed by atoms with van der Waals surface area (Å²) in [6, 6.07) is 5.80. The maximum atomic E-state index is 12.8. The smallest absolute Gasteiger partial charge is 0.413 e. The van der Waals surface area contributed by atoms with E-state index in [0.717, 1.165) is 5.56 Å². The van der Waals surface area contributed by atoms with Crippen LogP contribution in [0.3, 0.4) is 0 Å². The zero-order valence-electron chi connectivity index (χ0n) is 13.8. The number of nitrogens with zero attached hydrogens (tertiary/aromatic N) is 1. The van der Waals surface area contributed by atoms with Crippen LogP contribution in [0.2, 0.25) is 0 Å². The molecule has 0 aliphatic carbocycles. The summed E-state index contributed by atoms with van der Waals surface area (Å²) in [4.78, 5) is 36.3. The van der Waals surface area contributed by atoms with Crippen LogP contribution in [0.25, 0.3) is 0 Å². The first kappa shape index (κ1) is 19.6. The normalized spacial score (nSPS) is 10.3. The first-order valence-corrected chi connectivity index (χ1v) is 7.64. The monoisotopic (exact) mass is 339 g/mol. The van der Waals surface area contributed by atoms with Gasteiger partial charge in [-0.05, 0) is 31.2 Å². The number of hydrogen-bond donors (Lipinski definition) is 2. The van der Waals surface area contributed by atoms with Crippen molar-refractivity contribution >= 4 is 17.9 Å². The molecule has 0 aromatic heterocycles. The lowest BCUT2D eigenvalue weighted by Gasteiger charge is -2.19. The zero-order chi connectivity index (χ0) is 17.9. The minimum absolute atomic E-state index is 0.00788. The van der Waals surface area contributed by atoms with Crippen LogP contribution in [0.4, 0.5) is 9.18 Å². The minimum Gasteiger partial charge on any atom is -0.450 e. The molecule has 1 aromatic rings. The summed E-state index contributed by atoms with van der Waals surface area (Å²) in [6.45, 7) is 4.24. The Kier molecular flexibility index (Phi) is 8.42. The fraction of sp³-hybridized carbons (Fsp3) is 0.438. The summed E-state index contributed by atoms with van der Waals surface area (Å²) >= 11 is 0. The van der Waals surface area contributed by atoms with Crippen LogP contribution >= 0.6 is 0 Å². The Bertz CT molecular complexity index is 563. The number of halogens is 1. The number of amides is 3. The summed E-state index contributed by atoms with van der Waals surface area (Å²) in [5, 5.41) is 4.76. The van der Waals surface area contributed by atoms with E-state index in [4.69, 9.17) is 0 Å². The SMILES string of the molecule is CCOC(=O)NC(=O)CN(CC)CC(=O)NCc1ccc(F)cc1. The summed E-state index contributed by atoms with van der Waals surface area (Å²) in [5.74, 6) is -1.15.